The first kappa shape index (κ1) is 19.7. The van der Waals surface area contributed by atoms with E-state index in [1.54, 1.807) is 31.6 Å². The average molecular weight is 427 g/mol. The van der Waals surface area contributed by atoms with Crippen LogP contribution in [-0.2, 0) is 13.5 Å². The number of aromatic nitrogens is 7. The van der Waals surface area contributed by atoms with E-state index in [0.717, 1.165) is 11.3 Å². The van der Waals surface area contributed by atoms with E-state index in [1.807, 2.05) is 37.3 Å². The summed E-state index contributed by atoms with van der Waals surface area (Å²) in [6.07, 6.45) is 4.26. The minimum atomic E-state index is -0.536. The number of ketones is 1. The summed E-state index contributed by atoms with van der Waals surface area (Å²) in [4.78, 5) is 26.3. The molecule has 9 heteroatoms. The second kappa shape index (κ2) is 7.77. The quantitative estimate of drug-likeness (QED) is 0.399. The molecule has 4 aromatic heterocycles. The second-order valence-corrected chi connectivity index (χ2v) is 7.40. The zero-order chi connectivity index (χ0) is 22.2. The van der Waals surface area contributed by atoms with E-state index in [4.69, 9.17) is 0 Å². The van der Waals surface area contributed by atoms with Gasteiger partial charge < -0.3 is 0 Å². The van der Waals surface area contributed by atoms with Crippen LogP contribution >= 0.6 is 0 Å². The lowest BCUT2D eigenvalue weighted by Gasteiger charge is -2.07. The number of carbonyl (C=O) groups excluding carboxylic acids is 1. The van der Waals surface area contributed by atoms with Gasteiger partial charge in [0, 0.05) is 36.5 Å². The maximum Gasteiger partial charge on any atom is 0.186 e. The Morgan fingerprint density at radius 2 is 1.91 bits per heavy atom. The zero-order valence-corrected chi connectivity index (χ0v) is 17.4. The lowest BCUT2D eigenvalue weighted by Crippen LogP contribution is -2.13. The van der Waals surface area contributed by atoms with Gasteiger partial charge in [0.25, 0.3) is 0 Å². The predicted molar refractivity (Wildman–Crippen MR) is 115 cm³/mol. The molecule has 158 valence electrons. The summed E-state index contributed by atoms with van der Waals surface area (Å²) in [6, 6.07) is 12.8. The fraction of sp³-hybridized carbons (Fsp3) is 0.130. The summed E-state index contributed by atoms with van der Waals surface area (Å²) in [7, 11) is 1.66. The van der Waals surface area contributed by atoms with Crippen LogP contribution in [0.25, 0.3) is 28.4 Å². The molecule has 4 heterocycles. The molecule has 0 aliphatic rings. The molecule has 0 atom stereocenters. The van der Waals surface area contributed by atoms with Crippen molar-refractivity contribution in [3.8, 4) is 22.8 Å². The summed E-state index contributed by atoms with van der Waals surface area (Å²) < 4.78 is 17.7. The van der Waals surface area contributed by atoms with Crippen LogP contribution < -0.4 is 0 Å². The van der Waals surface area contributed by atoms with Gasteiger partial charge in [0.15, 0.2) is 23.1 Å². The molecule has 8 nitrogen and oxygen atoms in total. The van der Waals surface area contributed by atoms with E-state index in [0.29, 0.717) is 28.6 Å². The third-order valence-electron chi connectivity index (χ3n) is 5.12. The molecule has 0 unspecified atom stereocenters. The van der Waals surface area contributed by atoms with Gasteiger partial charge >= 0.3 is 0 Å². The lowest BCUT2D eigenvalue weighted by atomic mass is 10.0. The summed E-state index contributed by atoms with van der Waals surface area (Å²) in [5.74, 6) is 0.0587. The molecule has 0 radical (unpaired) electrons. The number of pyridine rings is 1. The number of hydrogen-bond acceptors (Lipinski definition) is 6. The molecule has 0 fully saturated rings. The first-order valence-electron chi connectivity index (χ1n) is 9.95. The molecule has 0 saturated heterocycles. The third-order valence-corrected chi connectivity index (χ3v) is 5.12. The Labute approximate surface area is 182 Å². The first-order chi connectivity index (χ1) is 15.5. The topological polar surface area (TPSA) is 90.9 Å². The van der Waals surface area contributed by atoms with Gasteiger partial charge in [-0.2, -0.15) is 5.10 Å². The molecule has 0 amide bonds. The van der Waals surface area contributed by atoms with Gasteiger partial charge in [-0.15, -0.1) is 5.10 Å². The fourth-order valence-electron chi connectivity index (χ4n) is 3.56. The first-order valence-corrected chi connectivity index (χ1v) is 9.95. The monoisotopic (exact) mass is 427 g/mol. The number of fused-ring (bicyclic) bond motifs is 1. The smallest absolute Gasteiger partial charge is 0.186 e. The molecular formula is C23H18FN7O. The minimum absolute atomic E-state index is 0.159. The number of Topliss-reactive ketones (excluding diaryl/α,β-unsaturated/α-hetero) is 1. The zero-order valence-electron chi connectivity index (χ0n) is 17.4. The number of aryl methyl sites for hydroxylation is 2. The van der Waals surface area contributed by atoms with Crippen LogP contribution in [0, 0.1) is 12.7 Å². The summed E-state index contributed by atoms with van der Waals surface area (Å²) in [5, 5.41) is 8.53. The third kappa shape index (κ3) is 3.53. The minimum Gasteiger partial charge on any atom is -0.292 e. The Morgan fingerprint density at radius 3 is 2.69 bits per heavy atom. The average Bonchev–Trinajstić information content (AvgIpc) is 3.38. The summed E-state index contributed by atoms with van der Waals surface area (Å²) >= 11 is 0. The van der Waals surface area contributed by atoms with E-state index in [1.165, 1.54) is 15.4 Å². The maximum absolute atomic E-state index is 14.8. The van der Waals surface area contributed by atoms with Gasteiger partial charge in [0.2, 0.25) is 0 Å². The maximum atomic E-state index is 14.8. The van der Waals surface area contributed by atoms with Crippen LogP contribution in [0.1, 0.15) is 21.7 Å². The van der Waals surface area contributed by atoms with Crippen molar-refractivity contribution >= 4 is 11.4 Å². The van der Waals surface area contributed by atoms with E-state index >= 15 is 0 Å². The molecule has 0 aliphatic heterocycles. The van der Waals surface area contributed by atoms with E-state index < -0.39 is 5.82 Å². The Balaban J connectivity index is 1.49. The van der Waals surface area contributed by atoms with Gasteiger partial charge in [-0.3, -0.25) is 9.48 Å². The van der Waals surface area contributed by atoms with E-state index in [9.17, 15) is 9.18 Å². The van der Waals surface area contributed by atoms with E-state index in [2.05, 4.69) is 25.1 Å². The van der Waals surface area contributed by atoms with Gasteiger partial charge in [0.05, 0.1) is 18.0 Å². The van der Waals surface area contributed by atoms with E-state index in [-0.39, 0.29) is 17.8 Å². The van der Waals surface area contributed by atoms with Gasteiger partial charge in [-0.05, 0) is 19.1 Å². The van der Waals surface area contributed by atoms with Crippen LogP contribution in [0.5, 0.6) is 0 Å². The molecule has 1 aromatic carbocycles. The highest BCUT2D eigenvalue weighted by molar-refractivity contribution is 6.01. The van der Waals surface area contributed by atoms with Crippen molar-refractivity contribution in [3.63, 3.8) is 0 Å². The molecule has 5 rings (SSSR count). The lowest BCUT2D eigenvalue weighted by molar-refractivity contribution is 0.0983. The Bertz CT molecular complexity index is 1460. The normalized spacial score (nSPS) is 11.2. The van der Waals surface area contributed by atoms with Gasteiger partial charge in [-0.25, -0.2) is 23.9 Å². The van der Waals surface area contributed by atoms with Crippen LogP contribution in [0.3, 0.4) is 0 Å². The summed E-state index contributed by atoms with van der Waals surface area (Å²) in [6.45, 7) is 1.84. The number of rotatable bonds is 5. The number of benzene rings is 1. The fourth-order valence-corrected chi connectivity index (χ4v) is 3.56. The molecule has 0 N–H and O–H groups in total. The largest absolute Gasteiger partial charge is 0.292 e. The Hall–Kier alpha value is -4.27. The SMILES string of the molecule is Cc1ccnc(-c2cnn(C)c2C(=O)Cc2cc3nc(-c4ccccc4)nn3cc2F)n1. The van der Waals surface area contributed by atoms with Crippen molar-refractivity contribution in [3.05, 3.63) is 83.8 Å². The standard InChI is InChI=1S/C23H18FN7O/c1-14-8-9-25-23(27-14)17-12-26-30(2)21(17)19(32)10-16-11-20-28-22(15-6-4-3-5-7-15)29-31(20)13-18(16)24/h3-9,11-13H,10H2,1-2H3. The van der Waals surface area contributed by atoms with Crippen LogP contribution in [0.4, 0.5) is 4.39 Å². The Kier molecular flexibility index (Phi) is 4.78. The number of hydrogen-bond donors (Lipinski definition) is 0. The number of halogens is 1. The molecule has 32 heavy (non-hydrogen) atoms. The summed E-state index contributed by atoms with van der Waals surface area (Å²) in [5.41, 5.74) is 3.12. The highest BCUT2D eigenvalue weighted by Crippen LogP contribution is 2.23. The molecule has 0 aliphatic carbocycles. The molecular weight excluding hydrogens is 409 g/mol. The molecule has 0 bridgehead atoms. The molecule has 0 saturated carbocycles. The molecule has 5 aromatic rings. The van der Waals surface area contributed by atoms with Crippen molar-refractivity contribution in [1.82, 2.24) is 34.3 Å². The van der Waals surface area contributed by atoms with Crippen molar-refractivity contribution < 1.29 is 9.18 Å². The van der Waals surface area contributed by atoms with Gasteiger partial charge in [0.1, 0.15) is 11.5 Å². The predicted octanol–water partition coefficient (Wildman–Crippen LogP) is 3.46. The Morgan fingerprint density at radius 1 is 1.09 bits per heavy atom. The van der Waals surface area contributed by atoms with Crippen molar-refractivity contribution in [2.24, 2.45) is 7.05 Å². The number of carbonyl (C=O) groups is 1. The highest BCUT2D eigenvalue weighted by Gasteiger charge is 2.22. The highest BCUT2D eigenvalue weighted by atomic mass is 19.1. The number of nitrogens with zero attached hydrogens (tertiary/aromatic N) is 7. The second-order valence-electron chi connectivity index (χ2n) is 7.40. The van der Waals surface area contributed by atoms with Crippen molar-refractivity contribution in [2.75, 3.05) is 0 Å². The van der Waals surface area contributed by atoms with Gasteiger partial charge in [-0.1, -0.05) is 30.3 Å². The van der Waals surface area contributed by atoms with Crippen LogP contribution in [-0.4, -0.2) is 40.1 Å². The van der Waals surface area contributed by atoms with Crippen LogP contribution in [0.15, 0.2) is 61.1 Å². The van der Waals surface area contributed by atoms with Crippen molar-refractivity contribution in [1.29, 1.82) is 0 Å². The van der Waals surface area contributed by atoms with Crippen LogP contribution in [0.2, 0.25) is 0 Å². The van der Waals surface area contributed by atoms with Crippen molar-refractivity contribution in [2.45, 2.75) is 13.3 Å². The molecule has 0 spiro atoms.